The van der Waals surface area contributed by atoms with Gasteiger partial charge in [-0.05, 0) is 24.6 Å². The van der Waals surface area contributed by atoms with Gasteiger partial charge in [0, 0.05) is 35.7 Å². The maximum absolute atomic E-state index is 11.6. The van der Waals surface area contributed by atoms with E-state index in [-0.39, 0.29) is 0 Å². The predicted octanol–water partition coefficient (Wildman–Crippen LogP) is 1.15. The first-order valence-electron chi connectivity index (χ1n) is 6.32. The summed E-state index contributed by atoms with van der Waals surface area (Å²) in [6.07, 6.45) is 3.12. The number of carboxylic acid groups (broad SMARTS) is 2. The zero-order valence-electron chi connectivity index (χ0n) is 12.1. The van der Waals surface area contributed by atoms with E-state index in [4.69, 9.17) is 10.2 Å². The maximum Gasteiger partial charge on any atom is 0.328 e. The monoisotopic (exact) mass is 318 g/mol. The van der Waals surface area contributed by atoms with Gasteiger partial charge in [-0.3, -0.25) is 9.59 Å². The number of rotatable bonds is 6. The molecule has 0 aliphatic heterocycles. The molecular weight excluding hydrogens is 304 g/mol. The highest BCUT2D eigenvalue weighted by atomic mass is 16.4. The molecule has 4 N–H and O–H groups in total. The van der Waals surface area contributed by atoms with E-state index < -0.39 is 23.8 Å². The fourth-order valence-corrected chi connectivity index (χ4v) is 1.49. The van der Waals surface area contributed by atoms with Crippen molar-refractivity contribution < 1.29 is 29.4 Å². The third-order valence-corrected chi connectivity index (χ3v) is 2.52. The van der Waals surface area contributed by atoms with Crippen LogP contribution in [-0.4, -0.2) is 34.0 Å². The standard InChI is InChI=1S/C15H14N2O6/c1-9-2-3-10(16-12(18)4-6-14(20)21)8-11(9)17-13(19)5-7-15(22)23/h2-8H,1H3,(H,16,18)(H,17,19)(H,20,21)(H,22,23)/b6-4-,7-5-. The van der Waals surface area contributed by atoms with Crippen LogP contribution in [0.2, 0.25) is 0 Å². The van der Waals surface area contributed by atoms with E-state index in [9.17, 15) is 19.2 Å². The highest BCUT2D eigenvalue weighted by Gasteiger charge is 2.06. The molecular formula is C15H14N2O6. The van der Waals surface area contributed by atoms with Crippen LogP contribution in [0.15, 0.2) is 42.5 Å². The molecule has 8 nitrogen and oxygen atoms in total. The Morgan fingerprint density at radius 2 is 1.39 bits per heavy atom. The van der Waals surface area contributed by atoms with Crippen LogP contribution in [0.4, 0.5) is 11.4 Å². The zero-order chi connectivity index (χ0) is 17.4. The molecule has 0 bridgehead atoms. The summed E-state index contributed by atoms with van der Waals surface area (Å²) in [7, 11) is 0. The molecule has 0 spiro atoms. The van der Waals surface area contributed by atoms with Crippen LogP contribution in [0.3, 0.4) is 0 Å². The molecule has 0 saturated carbocycles. The topological polar surface area (TPSA) is 133 Å². The van der Waals surface area contributed by atoms with E-state index in [1.165, 1.54) is 6.07 Å². The van der Waals surface area contributed by atoms with Gasteiger partial charge >= 0.3 is 11.9 Å². The molecule has 120 valence electrons. The molecule has 0 unspecified atom stereocenters. The maximum atomic E-state index is 11.6. The first-order valence-corrected chi connectivity index (χ1v) is 6.32. The van der Waals surface area contributed by atoms with E-state index in [0.29, 0.717) is 29.1 Å². The largest absolute Gasteiger partial charge is 0.478 e. The zero-order valence-corrected chi connectivity index (χ0v) is 12.1. The van der Waals surface area contributed by atoms with Crippen molar-refractivity contribution >= 4 is 35.1 Å². The quantitative estimate of drug-likeness (QED) is 0.582. The molecule has 1 aromatic rings. The lowest BCUT2D eigenvalue weighted by molar-refractivity contribution is -0.132. The van der Waals surface area contributed by atoms with Crippen molar-refractivity contribution in [3.05, 3.63) is 48.1 Å². The summed E-state index contributed by atoms with van der Waals surface area (Å²) in [5.74, 6) is -3.77. The van der Waals surface area contributed by atoms with E-state index in [0.717, 1.165) is 12.2 Å². The van der Waals surface area contributed by atoms with Crippen molar-refractivity contribution in [3.8, 4) is 0 Å². The minimum atomic E-state index is -1.25. The predicted molar refractivity (Wildman–Crippen MR) is 82.0 cm³/mol. The van der Waals surface area contributed by atoms with E-state index in [1.54, 1.807) is 19.1 Å². The van der Waals surface area contributed by atoms with E-state index in [2.05, 4.69) is 10.6 Å². The van der Waals surface area contributed by atoms with Gasteiger partial charge in [-0.2, -0.15) is 0 Å². The lowest BCUT2D eigenvalue weighted by atomic mass is 10.1. The summed E-state index contributed by atoms with van der Waals surface area (Å²) in [6.45, 7) is 1.71. The molecule has 1 aromatic carbocycles. The molecule has 0 aliphatic rings. The molecule has 0 aromatic heterocycles. The smallest absolute Gasteiger partial charge is 0.328 e. The van der Waals surface area contributed by atoms with Crippen molar-refractivity contribution in [2.45, 2.75) is 6.92 Å². The van der Waals surface area contributed by atoms with E-state index >= 15 is 0 Å². The van der Waals surface area contributed by atoms with Crippen molar-refractivity contribution in [1.29, 1.82) is 0 Å². The van der Waals surface area contributed by atoms with Gasteiger partial charge in [0.15, 0.2) is 0 Å². The summed E-state index contributed by atoms with van der Waals surface area (Å²) in [4.78, 5) is 43.7. The number of hydrogen-bond donors (Lipinski definition) is 4. The Kier molecular flexibility index (Phi) is 6.23. The third kappa shape index (κ3) is 6.71. The molecule has 0 heterocycles. The van der Waals surface area contributed by atoms with Crippen molar-refractivity contribution in [2.24, 2.45) is 0 Å². The fourth-order valence-electron chi connectivity index (χ4n) is 1.49. The Morgan fingerprint density at radius 3 is 1.91 bits per heavy atom. The average Bonchev–Trinajstić information content (AvgIpc) is 2.46. The minimum Gasteiger partial charge on any atom is -0.478 e. The Labute approximate surface area is 131 Å². The van der Waals surface area contributed by atoms with Crippen LogP contribution in [0, 0.1) is 6.92 Å². The molecule has 1 rings (SSSR count). The highest BCUT2D eigenvalue weighted by Crippen LogP contribution is 2.20. The van der Waals surface area contributed by atoms with Gasteiger partial charge in [-0.25, -0.2) is 9.59 Å². The molecule has 0 fully saturated rings. The SMILES string of the molecule is Cc1ccc(NC(=O)/C=C\C(=O)O)cc1NC(=O)/C=C\C(=O)O. The number of benzene rings is 1. The van der Waals surface area contributed by atoms with Crippen LogP contribution in [0.25, 0.3) is 0 Å². The van der Waals surface area contributed by atoms with Gasteiger partial charge in [0.1, 0.15) is 0 Å². The number of carbonyl (C=O) groups excluding carboxylic acids is 2. The summed E-state index contributed by atoms with van der Waals surface area (Å²) in [6, 6.07) is 4.67. The first-order chi connectivity index (χ1) is 10.8. The van der Waals surface area contributed by atoms with Gasteiger partial charge < -0.3 is 20.8 Å². The van der Waals surface area contributed by atoms with Crippen LogP contribution in [0.5, 0.6) is 0 Å². The second-order valence-corrected chi connectivity index (χ2v) is 4.35. The van der Waals surface area contributed by atoms with E-state index in [1.807, 2.05) is 0 Å². The number of carboxylic acids is 2. The molecule has 0 aliphatic carbocycles. The Morgan fingerprint density at radius 1 is 0.870 bits per heavy atom. The number of hydrogen-bond acceptors (Lipinski definition) is 4. The Hall–Kier alpha value is -3.42. The fraction of sp³-hybridized carbons (Fsp3) is 0.0667. The average molecular weight is 318 g/mol. The van der Waals surface area contributed by atoms with Gasteiger partial charge in [0.2, 0.25) is 11.8 Å². The molecule has 2 amide bonds. The summed E-state index contributed by atoms with van der Waals surface area (Å²) in [5, 5.41) is 21.8. The van der Waals surface area contributed by atoms with Crippen LogP contribution < -0.4 is 10.6 Å². The highest BCUT2D eigenvalue weighted by molar-refractivity contribution is 6.04. The minimum absolute atomic E-state index is 0.341. The molecule has 0 radical (unpaired) electrons. The number of aryl methyl sites for hydroxylation is 1. The van der Waals surface area contributed by atoms with Crippen LogP contribution in [0.1, 0.15) is 5.56 Å². The molecule has 8 heteroatoms. The number of amides is 2. The van der Waals surface area contributed by atoms with Crippen molar-refractivity contribution in [2.75, 3.05) is 10.6 Å². The lowest BCUT2D eigenvalue weighted by Gasteiger charge is -2.09. The summed E-state index contributed by atoms with van der Waals surface area (Å²) in [5.41, 5.74) is 1.42. The van der Waals surface area contributed by atoms with Crippen molar-refractivity contribution in [1.82, 2.24) is 0 Å². The first kappa shape index (κ1) is 17.6. The van der Waals surface area contributed by atoms with Gasteiger partial charge in [0.25, 0.3) is 0 Å². The number of aliphatic carboxylic acids is 2. The van der Waals surface area contributed by atoms with Gasteiger partial charge in [0.05, 0.1) is 0 Å². The summed E-state index contributed by atoms with van der Waals surface area (Å²) < 4.78 is 0. The van der Waals surface area contributed by atoms with Crippen LogP contribution >= 0.6 is 0 Å². The lowest BCUT2D eigenvalue weighted by Crippen LogP contribution is -2.12. The Balaban J connectivity index is 2.83. The molecule has 23 heavy (non-hydrogen) atoms. The Bertz CT molecular complexity index is 706. The normalized spacial score (nSPS) is 10.7. The third-order valence-electron chi connectivity index (χ3n) is 2.52. The van der Waals surface area contributed by atoms with Gasteiger partial charge in [-0.15, -0.1) is 0 Å². The number of nitrogens with one attached hydrogen (secondary N) is 2. The van der Waals surface area contributed by atoms with Crippen LogP contribution in [-0.2, 0) is 19.2 Å². The molecule has 0 atom stereocenters. The number of anilines is 2. The summed E-state index contributed by atoms with van der Waals surface area (Å²) >= 11 is 0. The van der Waals surface area contributed by atoms with Crippen molar-refractivity contribution in [3.63, 3.8) is 0 Å². The second kappa shape index (κ2) is 8.13. The van der Waals surface area contributed by atoms with Gasteiger partial charge in [-0.1, -0.05) is 6.07 Å². The molecule has 0 saturated heterocycles. The second-order valence-electron chi connectivity index (χ2n) is 4.35. The number of carbonyl (C=O) groups is 4.